The van der Waals surface area contributed by atoms with Crippen molar-refractivity contribution in [3.8, 4) is 11.3 Å². The van der Waals surface area contributed by atoms with Crippen LogP contribution in [0.25, 0.3) is 17.3 Å². The summed E-state index contributed by atoms with van der Waals surface area (Å²) < 4.78 is 7.11. The molecular weight excluding hydrogens is 440 g/mol. The zero-order chi connectivity index (χ0) is 24.0. The predicted octanol–water partition coefficient (Wildman–Crippen LogP) is 4.19. The van der Waals surface area contributed by atoms with Gasteiger partial charge in [-0.2, -0.15) is 5.10 Å². The first-order valence-corrected chi connectivity index (χ1v) is 11.6. The van der Waals surface area contributed by atoms with Gasteiger partial charge < -0.3 is 14.2 Å². The van der Waals surface area contributed by atoms with Gasteiger partial charge >= 0.3 is 0 Å². The molecule has 3 heterocycles. The minimum absolute atomic E-state index is 0.0788. The van der Waals surface area contributed by atoms with Gasteiger partial charge in [0.1, 0.15) is 0 Å². The number of benzene rings is 2. The Morgan fingerprint density at radius 3 is 2.23 bits per heavy atom. The molecule has 4 aromatic rings. The van der Waals surface area contributed by atoms with Crippen molar-refractivity contribution in [3.63, 3.8) is 0 Å². The molecule has 0 bridgehead atoms. The van der Waals surface area contributed by atoms with E-state index in [1.54, 1.807) is 28.0 Å². The van der Waals surface area contributed by atoms with E-state index in [0.29, 0.717) is 38.5 Å². The van der Waals surface area contributed by atoms with E-state index >= 15 is 0 Å². The van der Waals surface area contributed by atoms with E-state index in [2.05, 4.69) is 12.1 Å². The van der Waals surface area contributed by atoms with Crippen molar-refractivity contribution < 1.29 is 14.0 Å². The second-order valence-corrected chi connectivity index (χ2v) is 8.41. The van der Waals surface area contributed by atoms with Crippen molar-refractivity contribution in [1.82, 2.24) is 19.6 Å². The SMILES string of the molecule is O=C(C=Cc1cn(Cc2ccccc2)nc1-c1ccccc1)N1CCN(C(=O)c2ccco2)CC1. The minimum Gasteiger partial charge on any atom is -0.459 e. The summed E-state index contributed by atoms with van der Waals surface area (Å²) >= 11 is 0. The summed E-state index contributed by atoms with van der Waals surface area (Å²) in [6.45, 7) is 2.56. The standard InChI is InChI=1S/C28H26N4O3/c33-26(30-15-17-31(18-16-30)28(34)25-12-7-19-35-25)14-13-24-21-32(20-22-8-3-1-4-9-22)29-27(24)23-10-5-2-6-11-23/h1-14,19,21H,15-18,20H2. The van der Waals surface area contributed by atoms with Gasteiger partial charge in [0.05, 0.1) is 18.5 Å². The molecule has 2 aromatic heterocycles. The van der Waals surface area contributed by atoms with Gasteiger partial charge in [0.15, 0.2) is 5.76 Å². The summed E-state index contributed by atoms with van der Waals surface area (Å²) in [4.78, 5) is 28.8. The lowest BCUT2D eigenvalue weighted by Gasteiger charge is -2.33. The quantitative estimate of drug-likeness (QED) is 0.400. The van der Waals surface area contributed by atoms with Gasteiger partial charge in [-0.3, -0.25) is 14.3 Å². The molecule has 1 saturated heterocycles. The predicted molar refractivity (Wildman–Crippen MR) is 133 cm³/mol. The fourth-order valence-electron chi connectivity index (χ4n) is 4.18. The first-order chi connectivity index (χ1) is 17.2. The zero-order valence-electron chi connectivity index (χ0n) is 19.3. The monoisotopic (exact) mass is 466 g/mol. The molecule has 0 unspecified atom stereocenters. The van der Waals surface area contributed by atoms with E-state index in [0.717, 1.165) is 22.4 Å². The highest BCUT2D eigenvalue weighted by molar-refractivity contribution is 5.94. The normalized spacial score (nSPS) is 13.9. The average molecular weight is 467 g/mol. The zero-order valence-corrected chi connectivity index (χ0v) is 19.3. The van der Waals surface area contributed by atoms with Crippen molar-refractivity contribution in [3.05, 3.63) is 108 Å². The number of furan rings is 1. The van der Waals surface area contributed by atoms with Crippen LogP contribution in [-0.2, 0) is 11.3 Å². The number of piperazine rings is 1. The Balaban J connectivity index is 1.29. The van der Waals surface area contributed by atoms with Gasteiger partial charge in [-0.15, -0.1) is 0 Å². The maximum Gasteiger partial charge on any atom is 0.289 e. The molecule has 1 aliphatic heterocycles. The number of nitrogens with zero attached hydrogens (tertiary/aromatic N) is 4. The van der Waals surface area contributed by atoms with E-state index < -0.39 is 0 Å². The summed E-state index contributed by atoms with van der Waals surface area (Å²) in [5.74, 6) is 0.103. The summed E-state index contributed by atoms with van der Waals surface area (Å²) in [6.07, 6.45) is 6.89. The lowest BCUT2D eigenvalue weighted by molar-refractivity contribution is -0.127. The van der Waals surface area contributed by atoms with E-state index in [1.165, 1.54) is 6.26 Å². The summed E-state index contributed by atoms with van der Waals surface area (Å²) in [7, 11) is 0. The third-order valence-electron chi connectivity index (χ3n) is 6.04. The Kier molecular flexibility index (Phi) is 6.57. The molecular formula is C28H26N4O3. The molecule has 7 heteroatoms. The van der Waals surface area contributed by atoms with Crippen LogP contribution in [0.3, 0.4) is 0 Å². The number of hydrogen-bond acceptors (Lipinski definition) is 4. The molecule has 0 N–H and O–H groups in total. The fourth-order valence-corrected chi connectivity index (χ4v) is 4.18. The van der Waals surface area contributed by atoms with Crippen LogP contribution >= 0.6 is 0 Å². The van der Waals surface area contributed by atoms with Crippen LogP contribution in [0.15, 0.2) is 95.7 Å². The van der Waals surface area contributed by atoms with Crippen LogP contribution in [0.1, 0.15) is 21.7 Å². The summed E-state index contributed by atoms with van der Waals surface area (Å²) in [5.41, 5.74) is 3.87. The van der Waals surface area contributed by atoms with Crippen LogP contribution in [-0.4, -0.2) is 57.6 Å². The first-order valence-electron chi connectivity index (χ1n) is 11.6. The lowest BCUT2D eigenvalue weighted by atomic mass is 10.1. The Morgan fingerprint density at radius 1 is 0.857 bits per heavy atom. The molecule has 0 atom stereocenters. The maximum atomic E-state index is 12.9. The van der Waals surface area contributed by atoms with Gasteiger partial charge in [-0.1, -0.05) is 60.7 Å². The molecule has 2 aromatic carbocycles. The molecule has 2 amide bonds. The third kappa shape index (κ3) is 5.24. The highest BCUT2D eigenvalue weighted by atomic mass is 16.3. The third-order valence-corrected chi connectivity index (χ3v) is 6.04. The maximum absolute atomic E-state index is 12.9. The molecule has 5 rings (SSSR count). The molecule has 0 aliphatic carbocycles. The fraction of sp³-hybridized carbons (Fsp3) is 0.179. The number of hydrogen-bond donors (Lipinski definition) is 0. The second kappa shape index (κ2) is 10.3. The number of amides is 2. The van der Waals surface area contributed by atoms with Gasteiger partial charge in [0.2, 0.25) is 5.91 Å². The van der Waals surface area contributed by atoms with Crippen molar-refractivity contribution in [2.45, 2.75) is 6.54 Å². The van der Waals surface area contributed by atoms with Gasteiger partial charge in [0, 0.05) is 49.6 Å². The summed E-state index contributed by atoms with van der Waals surface area (Å²) in [5, 5.41) is 4.81. The van der Waals surface area contributed by atoms with Crippen LogP contribution in [0.5, 0.6) is 0 Å². The van der Waals surface area contributed by atoms with Crippen molar-refractivity contribution in [2.75, 3.05) is 26.2 Å². The van der Waals surface area contributed by atoms with Gasteiger partial charge in [-0.05, 0) is 23.8 Å². The molecule has 0 saturated carbocycles. The van der Waals surface area contributed by atoms with Crippen LogP contribution in [0.4, 0.5) is 0 Å². The minimum atomic E-state index is -0.143. The highest BCUT2D eigenvalue weighted by Crippen LogP contribution is 2.24. The molecule has 0 spiro atoms. The molecule has 7 nitrogen and oxygen atoms in total. The largest absolute Gasteiger partial charge is 0.459 e. The topological polar surface area (TPSA) is 71.6 Å². The molecule has 0 radical (unpaired) electrons. The Bertz CT molecular complexity index is 1300. The second-order valence-electron chi connectivity index (χ2n) is 8.41. The van der Waals surface area contributed by atoms with Gasteiger partial charge in [-0.25, -0.2) is 0 Å². The Hall–Kier alpha value is -4.39. The average Bonchev–Trinajstić information content (AvgIpc) is 3.59. The van der Waals surface area contributed by atoms with Crippen LogP contribution in [0.2, 0.25) is 0 Å². The molecule has 1 aliphatic rings. The lowest BCUT2D eigenvalue weighted by Crippen LogP contribution is -2.50. The number of rotatable bonds is 6. The molecule has 1 fully saturated rings. The molecule has 176 valence electrons. The van der Waals surface area contributed by atoms with E-state index in [4.69, 9.17) is 9.52 Å². The van der Waals surface area contributed by atoms with E-state index in [9.17, 15) is 9.59 Å². The number of aromatic nitrogens is 2. The Labute approximate surface area is 203 Å². The summed E-state index contributed by atoms with van der Waals surface area (Å²) in [6, 6.07) is 23.5. The number of carbonyl (C=O) groups excluding carboxylic acids is 2. The van der Waals surface area contributed by atoms with Crippen molar-refractivity contribution >= 4 is 17.9 Å². The van der Waals surface area contributed by atoms with Crippen molar-refractivity contribution in [2.24, 2.45) is 0 Å². The van der Waals surface area contributed by atoms with Crippen molar-refractivity contribution in [1.29, 1.82) is 0 Å². The van der Waals surface area contributed by atoms with E-state index in [-0.39, 0.29) is 11.8 Å². The Morgan fingerprint density at radius 2 is 1.54 bits per heavy atom. The molecule has 35 heavy (non-hydrogen) atoms. The van der Waals surface area contributed by atoms with Gasteiger partial charge in [0.25, 0.3) is 5.91 Å². The van der Waals surface area contributed by atoms with E-state index in [1.807, 2.05) is 65.5 Å². The highest BCUT2D eigenvalue weighted by Gasteiger charge is 2.25. The smallest absolute Gasteiger partial charge is 0.289 e. The first kappa shape index (κ1) is 22.4. The number of carbonyl (C=O) groups is 2. The van der Waals surface area contributed by atoms with Crippen LogP contribution in [0, 0.1) is 0 Å². The van der Waals surface area contributed by atoms with Crippen LogP contribution < -0.4 is 0 Å².